The molecule has 0 bridgehead atoms. The van der Waals surface area contributed by atoms with E-state index in [1.807, 2.05) is 0 Å². The average Bonchev–Trinajstić information content (AvgIpc) is 2.03. The van der Waals surface area contributed by atoms with Crippen LogP contribution in [0.25, 0.3) is 0 Å². The minimum Gasteiger partial charge on any atom is -0.243 e. The topological polar surface area (TPSA) is 20.3 Å². The maximum absolute atomic E-state index is 11.2. The number of nitrogens with zero attached hydrogens (tertiary/aromatic N) is 1. The first-order valence-corrected chi connectivity index (χ1v) is 6.32. The highest BCUT2D eigenvalue weighted by molar-refractivity contribution is 7.81. The summed E-state index contributed by atoms with van der Waals surface area (Å²) < 4.78 is 13.2. The van der Waals surface area contributed by atoms with E-state index in [1.165, 1.54) is 19.3 Å². The second-order valence-electron chi connectivity index (χ2n) is 3.06. The van der Waals surface area contributed by atoms with Crippen LogP contribution in [0.15, 0.2) is 0 Å². The van der Waals surface area contributed by atoms with E-state index in [4.69, 9.17) is 0 Å². The Bertz CT molecular complexity index is 128. The van der Waals surface area contributed by atoms with Crippen molar-refractivity contribution in [3.05, 3.63) is 0 Å². The molecule has 2 nitrogen and oxygen atoms in total. The van der Waals surface area contributed by atoms with Crippen molar-refractivity contribution in [1.29, 1.82) is 0 Å². The summed E-state index contributed by atoms with van der Waals surface area (Å²) in [4.78, 5) is 0. The summed E-state index contributed by atoms with van der Waals surface area (Å²) in [5.41, 5.74) is 0. The first kappa shape index (κ1) is 12.1. The fourth-order valence-electron chi connectivity index (χ4n) is 1.16. The van der Waals surface area contributed by atoms with Gasteiger partial charge in [0.25, 0.3) is 0 Å². The summed E-state index contributed by atoms with van der Waals surface area (Å²) in [6.45, 7) is 6.27. The van der Waals surface area contributed by atoms with Crippen molar-refractivity contribution in [2.45, 2.75) is 39.5 Å². The van der Waals surface area contributed by atoms with Crippen LogP contribution < -0.4 is 0 Å². The number of rotatable bonds is 7. The Morgan fingerprint density at radius 3 is 2.17 bits per heavy atom. The van der Waals surface area contributed by atoms with Crippen LogP contribution in [0, 0.1) is 0 Å². The van der Waals surface area contributed by atoms with Crippen molar-refractivity contribution in [2.75, 3.05) is 19.3 Å². The van der Waals surface area contributed by atoms with Gasteiger partial charge < -0.3 is 0 Å². The van der Waals surface area contributed by atoms with Crippen LogP contribution in [0.4, 0.5) is 0 Å². The Morgan fingerprint density at radius 1 is 1.08 bits per heavy atom. The van der Waals surface area contributed by atoms with Crippen LogP contribution in [0.3, 0.4) is 0 Å². The van der Waals surface area contributed by atoms with Gasteiger partial charge in [0.2, 0.25) is 0 Å². The molecule has 0 aromatic heterocycles. The van der Waals surface area contributed by atoms with E-state index in [1.54, 1.807) is 6.26 Å². The third kappa shape index (κ3) is 5.72. The van der Waals surface area contributed by atoms with Crippen LogP contribution in [-0.2, 0) is 11.0 Å². The molecule has 74 valence electrons. The minimum absolute atomic E-state index is 0.773. The Kier molecular flexibility index (Phi) is 7.81. The second kappa shape index (κ2) is 7.74. The summed E-state index contributed by atoms with van der Waals surface area (Å²) in [6.07, 6.45) is 6.51. The molecule has 3 heteroatoms. The van der Waals surface area contributed by atoms with Gasteiger partial charge in [-0.15, -0.1) is 0 Å². The summed E-state index contributed by atoms with van der Waals surface area (Å²) in [5, 5.41) is 0. The van der Waals surface area contributed by atoms with E-state index in [0.717, 1.165) is 19.5 Å². The van der Waals surface area contributed by atoms with Crippen molar-refractivity contribution in [1.82, 2.24) is 4.31 Å². The zero-order valence-electron chi connectivity index (χ0n) is 8.51. The third-order valence-corrected chi connectivity index (χ3v) is 2.94. The number of hydrogen-bond acceptors (Lipinski definition) is 1. The fourth-order valence-corrected chi connectivity index (χ4v) is 1.98. The van der Waals surface area contributed by atoms with Gasteiger partial charge in [0.05, 0.1) is 11.0 Å². The van der Waals surface area contributed by atoms with Gasteiger partial charge >= 0.3 is 0 Å². The van der Waals surface area contributed by atoms with Crippen LogP contribution in [0.2, 0.25) is 0 Å². The lowest BCUT2D eigenvalue weighted by Crippen LogP contribution is -2.27. The SMILES string of the molecule is CCCCCN(CCC)S(C)=O. The molecule has 0 rings (SSSR count). The van der Waals surface area contributed by atoms with Crippen LogP contribution in [0.5, 0.6) is 0 Å². The van der Waals surface area contributed by atoms with Crippen molar-refractivity contribution < 1.29 is 4.21 Å². The molecule has 1 unspecified atom stereocenters. The molecule has 0 aliphatic carbocycles. The first-order valence-electron chi connectivity index (χ1n) is 4.80. The first-order chi connectivity index (χ1) is 5.72. The van der Waals surface area contributed by atoms with Gasteiger partial charge in [0, 0.05) is 19.3 Å². The highest BCUT2D eigenvalue weighted by Crippen LogP contribution is 2.01. The van der Waals surface area contributed by atoms with Gasteiger partial charge in [0.1, 0.15) is 0 Å². The molecule has 0 aliphatic heterocycles. The van der Waals surface area contributed by atoms with E-state index in [0.29, 0.717) is 0 Å². The molecule has 0 saturated carbocycles. The summed E-state index contributed by atoms with van der Waals surface area (Å²) in [7, 11) is -0.773. The average molecular weight is 191 g/mol. The molecule has 0 N–H and O–H groups in total. The summed E-state index contributed by atoms with van der Waals surface area (Å²) in [6, 6.07) is 0. The van der Waals surface area contributed by atoms with Crippen molar-refractivity contribution >= 4 is 11.0 Å². The molecular weight excluding hydrogens is 170 g/mol. The zero-order valence-corrected chi connectivity index (χ0v) is 9.32. The largest absolute Gasteiger partial charge is 0.243 e. The monoisotopic (exact) mass is 191 g/mol. The Labute approximate surface area is 78.9 Å². The minimum atomic E-state index is -0.773. The normalized spacial score (nSPS) is 13.7. The molecule has 12 heavy (non-hydrogen) atoms. The van der Waals surface area contributed by atoms with E-state index < -0.39 is 11.0 Å². The molecule has 0 aromatic rings. The van der Waals surface area contributed by atoms with Gasteiger partial charge in [-0.05, 0) is 12.8 Å². The maximum Gasteiger partial charge on any atom is 0.0910 e. The van der Waals surface area contributed by atoms with Gasteiger partial charge in [-0.25, -0.2) is 8.51 Å². The highest BCUT2D eigenvalue weighted by Gasteiger charge is 2.05. The second-order valence-corrected chi connectivity index (χ2v) is 4.42. The van der Waals surface area contributed by atoms with Crippen molar-refractivity contribution in [3.8, 4) is 0 Å². The molecule has 0 aliphatic rings. The molecule has 0 fully saturated rings. The molecule has 1 atom stereocenters. The van der Waals surface area contributed by atoms with Gasteiger partial charge in [-0.2, -0.15) is 0 Å². The summed E-state index contributed by atoms with van der Waals surface area (Å²) >= 11 is 0. The van der Waals surface area contributed by atoms with Gasteiger partial charge in [-0.1, -0.05) is 26.7 Å². The molecule has 0 heterocycles. The van der Waals surface area contributed by atoms with Crippen molar-refractivity contribution in [3.63, 3.8) is 0 Å². The van der Waals surface area contributed by atoms with E-state index in [9.17, 15) is 4.21 Å². The Morgan fingerprint density at radius 2 is 1.75 bits per heavy atom. The number of unbranched alkanes of at least 4 members (excludes halogenated alkanes) is 2. The van der Waals surface area contributed by atoms with Gasteiger partial charge in [0.15, 0.2) is 0 Å². The predicted molar refractivity (Wildman–Crippen MR) is 55.5 cm³/mol. The smallest absolute Gasteiger partial charge is 0.0910 e. The lowest BCUT2D eigenvalue weighted by atomic mass is 10.2. The third-order valence-electron chi connectivity index (χ3n) is 1.85. The lowest BCUT2D eigenvalue weighted by Gasteiger charge is -2.17. The van der Waals surface area contributed by atoms with E-state index in [2.05, 4.69) is 18.2 Å². The predicted octanol–water partition coefficient (Wildman–Crippen LogP) is 2.18. The molecule has 0 aromatic carbocycles. The van der Waals surface area contributed by atoms with Gasteiger partial charge in [-0.3, -0.25) is 0 Å². The zero-order chi connectivity index (χ0) is 9.40. The maximum atomic E-state index is 11.2. The van der Waals surface area contributed by atoms with E-state index in [-0.39, 0.29) is 0 Å². The highest BCUT2D eigenvalue weighted by atomic mass is 32.2. The molecular formula is C9H21NOS. The fraction of sp³-hybridized carbons (Fsp3) is 1.00. The van der Waals surface area contributed by atoms with E-state index >= 15 is 0 Å². The number of hydrogen-bond donors (Lipinski definition) is 0. The van der Waals surface area contributed by atoms with Crippen LogP contribution in [0.1, 0.15) is 39.5 Å². The molecule has 0 amide bonds. The molecule has 0 saturated heterocycles. The standard InChI is InChI=1S/C9H21NOS/c1-4-6-7-9-10(8-5-2)12(3)11/h4-9H2,1-3H3. The lowest BCUT2D eigenvalue weighted by molar-refractivity contribution is 0.429. The molecule has 0 spiro atoms. The Balaban J connectivity index is 3.56. The van der Waals surface area contributed by atoms with Crippen LogP contribution >= 0.6 is 0 Å². The van der Waals surface area contributed by atoms with Crippen molar-refractivity contribution in [2.24, 2.45) is 0 Å². The van der Waals surface area contributed by atoms with Crippen LogP contribution in [-0.4, -0.2) is 27.9 Å². The summed E-state index contributed by atoms with van der Waals surface area (Å²) in [5.74, 6) is 0. The Hall–Kier alpha value is 0.110. The molecule has 0 radical (unpaired) electrons. The quantitative estimate of drug-likeness (QED) is 0.565.